The Balaban J connectivity index is 5.47. The van der Waals surface area contributed by atoms with Crippen LogP contribution in [-0.2, 0) is 13.6 Å². The summed E-state index contributed by atoms with van der Waals surface area (Å²) < 4.78 is 28.0. The highest BCUT2D eigenvalue weighted by Crippen LogP contribution is 2.54. The van der Waals surface area contributed by atoms with E-state index < -0.39 is 13.3 Å². The van der Waals surface area contributed by atoms with Gasteiger partial charge >= 0.3 is 7.75 Å². The van der Waals surface area contributed by atoms with Gasteiger partial charge in [0.2, 0.25) is 5.96 Å². The maximum Gasteiger partial charge on any atom is 0.457 e. The van der Waals surface area contributed by atoms with Crippen molar-refractivity contribution < 1.29 is 13.6 Å². The Hall–Kier alpha value is -0.580. The van der Waals surface area contributed by atoms with Gasteiger partial charge in [0, 0.05) is 28.2 Å². The molecule has 0 rings (SSSR count). The van der Waals surface area contributed by atoms with Crippen molar-refractivity contribution in [3.63, 3.8) is 0 Å². The highest BCUT2D eigenvalue weighted by Gasteiger charge is 2.33. The molecular formula is C12H28N3O3P. The first-order valence-electron chi connectivity index (χ1n) is 6.30. The molecule has 0 aliphatic heterocycles. The Morgan fingerprint density at radius 2 is 1.53 bits per heavy atom. The van der Waals surface area contributed by atoms with Crippen molar-refractivity contribution in [3.8, 4) is 0 Å². The molecule has 0 spiro atoms. The summed E-state index contributed by atoms with van der Waals surface area (Å²) >= 11 is 0. The van der Waals surface area contributed by atoms with Crippen LogP contribution in [0.4, 0.5) is 0 Å². The number of rotatable bonds is 4. The van der Waals surface area contributed by atoms with Gasteiger partial charge in [-0.1, -0.05) is 0 Å². The Labute approximate surface area is 117 Å². The molecule has 0 aromatic heterocycles. The minimum Gasteiger partial charge on any atom is -0.349 e. The Bertz CT molecular complexity index is 350. The van der Waals surface area contributed by atoms with Crippen LogP contribution >= 0.6 is 7.75 Å². The minimum absolute atomic E-state index is 0.234. The maximum atomic E-state index is 12.8. The summed E-state index contributed by atoms with van der Waals surface area (Å²) in [4.78, 5) is 3.53. The summed E-state index contributed by atoms with van der Waals surface area (Å²) in [6.07, 6.45) is -0.234. The Morgan fingerprint density at radius 3 is 1.79 bits per heavy atom. The van der Waals surface area contributed by atoms with E-state index in [1.165, 1.54) is 0 Å². The van der Waals surface area contributed by atoms with Gasteiger partial charge in [-0.15, -0.1) is 4.76 Å². The lowest BCUT2D eigenvalue weighted by atomic mass is 10.2. The predicted octanol–water partition coefficient (Wildman–Crippen LogP) is 2.81. The van der Waals surface area contributed by atoms with Crippen molar-refractivity contribution in [1.82, 2.24) is 9.80 Å². The lowest BCUT2D eigenvalue weighted by molar-refractivity contribution is 0.0824. The zero-order chi connectivity index (χ0) is 15.4. The molecule has 0 heterocycles. The first-order chi connectivity index (χ1) is 8.36. The molecule has 1 unspecified atom stereocenters. The van der Waals surface area contributed by atoms with Crippen LogP contribution in [-0.4, -0.2) is 55.7 Å². The van der Waals surface area contributed by atoms with Crippen LogP contribution in [0.15, 0.2) is 4.76 Å². The van der Waals surface area contributed by atoms with E-state index in [2.05, 4.69) is 4.76 Å². The predicted molar refractivity (Wildman–Crippen MR) is 79.5 cm³/mol. The molecule has 0 bridgehead atoms. The average molecular weight is 293 g/mol. The standard InChI is InChI=1S/C12H28N3O3P/c1-10(2)17-19(16,18-12(3,4)5)13-11(14(6)7)15(8)9/h10H,1-9H3. The monoisotopic (exact) mass is 293 g/mol. The molecule has 0 fully saturated rings. The van der Waals surface area contributed by atoms with Gasteiger partial charge in [0.25, 0.3) is 0 Å². The summed E-state index contributed by atoms with van der Waals surface area (Å²) in [5.74, 6) is 0.535. The Kier molecular flexibility index (Phi) is 6.52. The number of hydrogen-bond donors (Lipinski definition) is 0. The van der Waals surface area contributed by atoms with E-state index in [4.69, 9.17) is 9.05 Å². The van der Waals surface area contributed by atoms with Crippen molar-refractivity contribution in [2.75, 3.05) is 28.2 Å². The summed E-state index contributed by atoms with van der Waals surface area (Å²) in [5, 5.41) is 0. The van der Waals surface area contributed by atoms with E-state index in [0.717, 1.165) is 0 Å². The molecule has 1 atom stereocenters. The third kappa shape index (κ3) is 7.55. The van der Waals surface area contributed by atoms with Gasteiger partial charge in [-0.2, -0.15) is 0 Å². The van der Waals surface area contributed by atoms with E-state index >= 15 is 0 Å². The second-order valence-corrected chi connectivity index (χ2v) is 7.55. The molecule has 0 saturated heterocycles. The van der Waals surface area contributed by atoms with Crippen molar-refractivity contribution in [1.29, 1.82) is 0 Å². The first kappa shape index (κ1) is 18.4. The summed E-state index contributed by atoms with van der Waals surface area (Å²) in [7, 11) is 3.76. The summed E-state index contributed by atoms with van der Waals surface area (Å²) in [6.45, 7) is 9.08. The smallest absolute Gasteiger partial charge is 0.349 e. The highest BCUT2D eigenvalue weighted by atomic mass is 31.2. The van der Waals surface area contributed by atoms with Gasteiger partial charge in [-0.05, 0) is 34.6 Å². The fraction of sp³-hybridized carbons (Fsp3) is 0.917. The maximum absolute atomic E-state index is 12.8. The number of hydrogen-bond acceptors (Lipinski definition) is 3. The van der Waals surface area contributed by atoms with Crippen LogP contribution in [0.25, 0.3) is 0 Å². The Morgan fingerprint density at radius 1 is 1.11 bits per heavy atom. The molecule has 114 valence electrons. The fourth-order valence-electron chi connectivity index (χ4n) is 1.37. The molecule has 0 saturated carbocycles. The molecule has 0 aromatic carbocycles. The molecule has 6 nitrogen and oxygen atoms in total. The first-order valence-corrected chi connectivity index (χ1v) is 7.80. The van der Waals surface area contributed by atoms with Gasteiger partial charge in [0.05, 0.1) is 11.7 Å². The van der Waals surface area contributed by atoms with Crippen molar-refractivity contribution in [2.24, 2.45) is 4.76 Å². The third-order valence-corrected chi connectivity index (χ3v) is 3.64. The molecule has 0 radical (unpaired) electrons. The lowest BCUT2D eigenvalue weighted by Gasteiger charge is -2.28. The quantitative estimate of drug-likeness (QED) is 0.453. The lowest BCUT2D eigenvalue weighted by Crippen LogP contribution is -2.35. The molecule has 0 N–H and O–H groups in total. The van der Waals surface area contributed by atoms with Gasteiger partial charge in [0.1, 0.15) is 0 Å². The van der Waals surface area contributed by atoms with Crippen molar-refractivity contribution in [3.05, 3.63) is 0 Å². The average Bonchev–Trinajstić information content (AvgIpc) is 2.08. The molecule has 0 aromatic rings. The van der Waals surface area contributed by atoms with Crippen LogP contribution in [0.2, 0.25) is 0 Å². The van der Waals surface area contributed by atoms with E-state index in [1.54, 1.807) is 23.6 Å². The zero-order valence-corrected chi connectivity index (χ0v) is 14.5. The summed E-state index contributed by atoms with van der Waals surface area (Å²) in [5.41, 5.74) is -0.600. The van der Waals surface area contributed by atoms with Crippen LogP contribution in [0.3, 0.4) is 0 Å². The van der Waals surface area contributed by atoms with Gasteiger partial charge in [0.15, 0.2) is 0 Å². The van der Waals surface area contributed by atoms with Gasteiger partial charge < -0.3 is 9.80 Å². The van der Waals surface area contributed by atoms with Crippen LogP contribution in [0, 0.1) is 0 Å². The van der Waals surface area contributed by atoms with E-state index in [-0.39, 0.29) is 6.10 Å². The molecule has 0 amide bonds. The second kappa shape index (κ2) is 6.73. The van der Waals surface area contributed by atoms with Crippen LogP contribution in [0.5, 0.6) is 0 Å². The highest BCUT2D eigenvalue weighted by molar-refractivity contribution is 7.52. The van der Waals surface area contributed by atoms with E-state index in [0.29, 0.717) is 5.96 Å². The fourth-order valence-corrected chi connectivity index (χ4v) is 3.30. The third-order valence-electron chi connectivity index (χ3n) is 1.75. The van der Waals surface area contributed by atoms with E-state index in [1.807, 2.05) is 49.0 Å². The molecule has 7 heteroatoms. The zero-order valence-electron chi connectivity index (χ0n) is 13.6. The van der Waals surface area contributed by atoms with Crippen LogP contribution < -0.4 is 0 Å². The topological polar surface area (TPSA) is 54.4 Å². The summed E-state index contributed by atoms with van der Waals surface area (Å²) in [6, 6.07) is 0. The minimum atomic E-state index is -3.56. The normalized spacial score (nSPS) is 15.1. The van der Waals surface area contributed by atoms with E-state index in [9.17, 15) is 4.57 Å². The number of guanidine groups is 1. The number of nitrogens with zero attached hydrogens (tertiary/aromatic N) is 3. The molecule has 0 aliphatic carbocycles. The largest absolute Gasteiger partial charge is 0.457 e. The van der Waals surface area contributed by atoms with Crippen molar-refractivity contribution in [2.45, 2.75) is 46.3 Å². The van der Waals surface area contributed by atoms with Gasteiger partial charge in [-0.3, -0.25) is 9.05 Å². The van der Waals surface area contributed by atoms with Gasteiger partial charge in [-0.25, -0.2) is 4.57 Å². The molecule has 0 aliphatic rings. The SMILES string of the molecule is CC(C)OP(=O)(N=C(N(C)C)N(C)C)OC(C)(C)C. The second-order valence-electron chi connectivity index (χ2n) is 6.02. The molecular weight excluding hydrogens is 265 g/mol. The molecule has 19 heavy (non-hydrogen) atoms. The van der Waals surface area contributed by atoms with Crippen molar-refractivity contribution >= 4 is 13.7 Å². The van der Waals surface area contributed by atoms with Crippen LogP contribution in [0.1, 0.15) is 34.6 Å².